The molecule has 2 rings (SSSR count). The van der Waals surface area contributed by atoms with Gasteiger partial charge < -0.3 is 16.0 Å². The first kappa shape index (κ1) is 18.2. The summed E-state index contributed by atoms with van der Waals surface area (Å²) in [4.78, 5) is 34.6. The van der Waals surface area contributed by atoms with Gasteiger partial charge in [0.15, 0.2) is 0 Å². The second-order valence-electron chi connectivity index (χ2n) is 5.57. The van der Waals surface area contributed by atoms with Gasteiger partial charge in [-0.15, -0.1) is 0 Å². The molecule has 0 unspecified atom stereocenters. The van der Waals surface area contributed by atoms with Crippen molar-refractivity contribution in [3.63, 3.8) is 0 Å². The lowest BCUT2D eigenvalue weighted by atomic mass is 10.1. The lowest BCUT2D eigenvalue weighted by Crippen LogP contribution is -2.32. The first-order valence-electron chi connectivity index (χ1n) is 8.01. The largest absolute Gasteiger partial charge is 0.347 e. The highest BCUT2D eigenvalue weighted by Gasteiger charge is 2.06. The highest BCUT2D eigenvalue weighted by molar-refractivity contribution is 5.95. The van der Waals surface area contributed by atoms with Gasteiger partial charge in [-0.1, -0.05) is 30.3 Å². The SMILES string of the molecule is CC(=O)Nc1ccc(NC(=O)CNC(=O)CCc2ccccc2)cc1. The Morgan fingerprint density at radius 1 is 0.800 bits per heavy atom. The van der Waals surface area contributed by atoms with Gasteiger partial charge in [-0.2, -0.15) is 0 Å². The first-order chi connectivity index (χ1) is 12.0. The van der Waals surface area contributed by atoms with Gasteiger partial charge in [0.05, 0.1) is 6.54 Å². The van der Waals surface area contributed by atoms with Crippen LogP contribution in [-0.4, -0.2) is 24.3 Å². The maximum absolute atomic E-state index is 11.9. The first-order valence-corrected chi connectivity index (χ1v) is 8.01. The molecule has 3 N–H and O–H groups in total. The van der Waals surface area contributed by atoms with Crippen LogP contribution < -0.4 is 16.0 Å². The third-order valence-electron chi connectivity index (χ3n) is 3.42. The average molecular weight is 339 g/mol. The molecule has 0 saturated heterocycles. The summed E-state index contributed by atoms with van der Waals surface area (Å²) in [5.74, 6) is -0.629. The molecular formula is C19H21N3O3. The van der Waals surface area contributed by atoms with E-state index in [4.69, 9.17) is 0 Å². The van der Waals surface area contributed by atoms with E-state index >= 15 is 0 Å². The fraction of sp³-hybridized carbons (Fsp3) is 0.211. The molecule has 3 amide bonds. The Labute approximate surface area is 146 Å². The Morgan fingerprint density at radius 2 is 1.40 bits per heavy atom. The lowest BCUT2D eigenvalue weighted by Gasteiger charge is -2.08. The number of amides is 3. The Kier molecular flexibility index (Phi) is 6.71. The van der Waals surface area contributed by atoms with E-state index in [0.29, 0.717) is 24.2 Å². The van der Waals surface area contributed by atoms with Gasteiger partial charge in [0.25, 0.3) is 0 Å². The molecule has 6 nitrogen and oxygen atoms in total. The maximum Gasteiger partial charge on any atom is 0.243 e. The predicted molar refractivity (Wildman–Crippen MR) is 97.1 cm³/mol. The number of nitrogens with one attached hydrogen (secondary N) is 3. The van der Waals surface area contributed by atoms with Crippen LogP contribution in [0.1, 0.15) is 18.9 Å². The van der Waals surface area contributed by atoms with Crippen molar-refractivity contribution in [2.24, 2.45) is 0 Å². The van der Waals surface area contributed by atoms with Gasteiger partial charge in [0.2, 0.25) is 17.7 Å². The van der Waals surface area contributed by atoms with Gasteiger partial charge >= 0.3 is 0 Å². The number of aryl methyl sites for hydroxylation is 1. The Morgan fingerprint density at radius 3 is 2.00 bits per heavy atom. The molecule has 0 heterocycles. The second-order valence-corrected chi connectivity index (χ2v) is 5.57. The summed E-state index contributed by atoms with van der Waals surface area (Å²) in [6, 6.07) is 16.5. The van der Waals surface area contributed by atoms with Crippen molar-refractivity contribution < 1.29 is 14.4 Å². The topological polar surface area (TPSA) is 87.3 Å². The van der Waals surface area contributed by atoms with Gasteiger partial charge in [-0.05, 0) is 36.2 Å². The molecule has 0 aliphatic carbocycles. The smallest absolute Gasteiger partial charge is 0.243 e. The summed E-state index contributed by atoms with van der Waals surface area (Å²) in [6.07, 6.45) is 0.974. The molecule has 6 heteroatoms. The monoisotopic (exact) mass is 339 g/mol. The van der Waals surface area contributed by atoms with Gasteiger partial charge in [-0.25, -0.2) is 0 Å². The van der Waals surface area contributed by atoms with E-state index in [1.54, 1.807) is 24.3 Å². The number of carbonyl (C=O) groups is 3. The lowest BCUT2D eigenvalue weighted by molar-refractivity contribution is -0.124. The molecule has 0 aromatic heterocycles. The van der Waals surface area contributed by atoms with Crippen molar-refractivity contribution in [3.05, 3.63) is 60.2 Å². The molecule has 0 atom stereocenters. The molecule has 2 aromatic rings. The zero-order valence-electron chi connectivity index (χ0n) is 14.0. The Hall–Kier alpha value is -3.15. The third kappa shape index (κ3) is 6.87. The van der Waals surface area contributed by atoms with E-state index in [-0.39, 0.29) is 24.3 Å². The van der Waals surface area contributed by atoms with E-state index in [9.17, 15) is 14.4 Å². The fourth-order valence-electron chi connectivity index (χ4n) is 2.22. The molecule has 2 aromatic carbocycles. The zero-order chi connectivity index (χ0) is 18.1. The standard InChI is InChI=1S/C19H21N3O3/c1-14(23)21-16-8-10-17(11-9-16)22-19(25)13-20-18(24)12-7-15-5-3-2-4-6-15/h2-6,8-11H,7,12-13H2,1H3,(H,20,24)(H,21,23)(H,22,25). The van der Waals surface area contributed by atoms with Crippen molar-refractivity contribution >= 4 is 29.1 Å². The summed E-state index contributed by atoms with van der Waals surface area (Å²) >= 11 is 0. The van der Waals surface area contributed by atoms with E-state index in [2.05, 4.69) is 16.0 Å². The molecule has 130 valence electrons. The molecule has 0 aliphatic rings. The van der Waals surface area contributed by atoms with Crippen LogP contribution in [0.2, 0.25) is 0 Å². The van der Waals surface area contributed by atoms with Crippen LogP contribution in [0.5, 0.6) is 0 Å². The quantitative estimate of drug-likeness (QED) is 0.723. The van der Waals surface area contributed by atoms with E-state index < -0.39 is 0 Å². The van der Waals surface area contributed by atoms with Gasteiger partial charge in [0, 0.05) is 24.7 Å². The maximum atomic E-state index is 11.9. The van der Waals surface area contributed by atoms with Crippen LogP contribution in [0.4, 0.5) is 11.4 Å². The molecule has 0 aliphatic heterocycles. The number of anilines is 2. The van der Waals surface area contributed by atoms with Crippen LogP contribution in [-0.2, 0) is 20.8 Å². The molecule has 0 radical (unpaired) electrons. The van der Waals surface area contributed by atoms with Crippen molar-refractivity contribution in [1.29, 1.82) is 0 Å². The fourth-order valence-corrected chi connectivity index (χ4v) is 2.22. The summed E-state index contributed by atoms with van der Waals surface area (Å²) < 4.78 is 0. The van der Waals surface area contributed by atoms with Crippen LogP contribution in [0.25, 0.3) is 0 Å². The Balaban J connectivity index is 1.71. The minimum atomic E-state index is -0.305. The zero-order valence-corrected chi connectivity index (χ0v) is 14.0. The normalized spacial score (nSPS) is 9.96. The third-order valence-corrected chi connectivity index (χ3v) is 3.42. The number of benzene rings is 2. The Bertz CT molecular complexity index is 727. The van der Waals surface area contributed by atoms with Gasteiger partial charge in [-0.3, -0.25) is 14.4 Å². The molecule has 0 spiro atoms. The summed E-state index contributed by atoms with van der Waals surface area (Å²) in [6.45, 7) is 1.34. The van der Waals surface area contributed by atoms with E-state index in [0.717, 1.165) is 5.56 Å². The van der Waals surface area contributed by atoms with E-state index in [1.807, 2.05) is 30.3 Å². The highest BCUT2D eigenvalue weighted by Crippen LogP contribution is 2.13. The van der Waals surface area contributed by atoms with Crippen LogP contribution >= 0.6 is 0 Å². The highest BCUT2D eigenvalue weighted by atomic mass is 16.2. The van der Waals surface area contributed by atoms with Crippen LogP contribution in [0.15, 0.2) is 54.6 Å². The van der Waals surface area contributed by atoms with Gasteiger partial charge in [0.1, 0.15) is 0 Å². The van der Waals surface area contributed by atoms with Crippen molar-refractivity contribution in [2.45, 2.75) is 19.8 Å². The minimum absolute atomic E-state index is 0.0823. The number of hydrogen-bond acceptors (Lipinski definition) is 3. The number of carbonyl (C=O) groups excluding carboxylic acids is 3. The van der Waals surface area contributed by atoms with Crippen molar-refractivity contribution in [1.82, 2.24) is 5.32 Å². The minimum Gasteiger partial charge on any atom is -0.347 e. The summed E-state index contributed by atoms with van der Waals surface area (Å²) in [5, 5.41) is 7.93. The van der Waals surface area contributed by atoms with Crippen molar-refractivity contribution in [2.75, 3.05) is 17.2 Å². The second kappa shape index (κ2) is 9.22. The summed E-state index contributed by atoms with van der Waals surface area (Å²) in [5.41, 5.74) is 2.33. The number of hydrogen-bond donors (Lipinski definition) is 3. The predicted octanol–water partition coefficient (Wildman–Crippen LogP) is 2.33. The molecule has 0 saturated carbocycles. The molecule has 25 heavy (non-hydrogen) atoms. The molecular weight excluding hydrogens is 318 g/mol. The average Bonchev–Trinajstić information content (AvgIpc) is 2.60. The van der Waals surface area contributed by atoms with E-state index in [1.165, 1.54) is 6.92 Å². The molecule has 0 fully saturated rings. The summed E-state index contributed by atoms with van der Waals surface area (Å²) in [7, 11) is 0. The van der Waals surface area contributed by atoms with Crippen molar-refractivity contribution in [3.8, 4) is 0 Å². The number of rotatable bonds is 7. The van der Waals surface area contributed by atoms with Crippen LogP contribution in [0, 0.1) is 0 Å². The van der Waals surface area contributed by atoms with Crippen LogP contribution in [0.3, 0.4) is 0 Å². The molecule has 0 bridgehead atoms.